The van der Waals surface area contributed by atoms with E-state index < -0.39 is 0 Å². The molecule has 0 radical (unpaired) electrons. The van der Waals surface area contributed by atoms with E-state index in [4.69, 9.17) is 0 Å². The maximum Gasteiger partial charge on any atom is 0.225 e. The van der Waals surface area contributed by atoms with Crippen molar-refractivity contribution in [3.05, 3.63) is 18.0 Å². The molecule has 3 heteroatoms. The molecule has 15 heavy (non-hydrogen) atoms. The van der Waals surface area contributed by atoms with Gasteiger partial charge in [0.25, 0.3) is 0 Å². The van der Waals surface area contributed by atoms with Crippen LogP contribution in [0, 0.1) is 0 Å². The molecule has 1 rings (SSSR count). The molecular weight excluding hydrogens is 186 g/mol. The molecule has 0 unspecified atom stereocenters. The lowest BCUT2D eigenvalue weighted by molar-refractivity contribution is 0.583. The Morgan fingerprint density at radius 1 is 1.07 bits per heavy atom. The van der Waals surface area contributed by atoms with Crippen LogP contribution in [-0.2, 0) is 5.41 Å². The Balaban J connectivity index is 2.89. The normalized spacial score (nSPS) is 11.5. The first kappa shape index (κ1) is 12.0. The van der Waals surface area contributed by atoms with E-state index in [1.165, 1.54) is 5.56 Å². The molecule has 0 aliphatic heterocycles. The highest BCUT2D eigenvalue weighted by Crippen LogP contribution is 2.21. The third-order valence-corrected chi connectivity index (χ3v) is 2.55. The van der Waals surface area contributed by atoms with E-state index in [2.05, 4.69) is 49.5 Å². The van der Waals surface area contributed by atoms with Gasteiger partial charge in [-0.25, -0.2) is 9.97 Å². The summed E-state index contributed by atoms with van der Waals surface area (Å²) in [6.07, 6.45) is 3.86. The summed E-state index contributed by atoms with van der Waals surface area (Å²) in [5.41, 5.74) is 1.31. The quantitative estimate of drug-likeness (QED) is 0.763. The van der Waals surface area contributed by atoms with Gasteiger partial charge >= 0.3 is 0 Å². The molecule has 0 bridgehead atoms. The fourth-order valence-electron chi connectivity index (χ4n) is 1.38. The fourth-order valence-corrected chi connectivity index (χ4v) is 1.38. The summed E-state index contributed by atoms with van der Waals surface area (Å²) in [7, 11) is 0. The Bertz CT molecular complexity index is 294. The molecular formula is C12H21N3. The summed E-state index contributed by atoms with van der Waals surface area (Å²) in [5, 5.41) is 0. The summed E-state index contributed by atoms with van der Waals surface area (Å²) in [5.74, 6) is 0.827. The minimum Gasteiger partial charge on any atom is -0.341 e. The van der Waals surface area contributed by atoms with E-state index in [0.29, 0.717) is 0 Å². The predicted octanol–water partition coefficient (Wildman–Crippen LogP) is 2.62. The highest BCUT2D eigenvalue weighted by atomic mass is 15.2. The number of nitrogens with zero attached hydrogens (tertiary/aromatic N) is 3. The molecule has 0 aliphatic rings. The first-order chi connectivity index (χ1) is 6.99. The van der Waals surface area contributed by atoms with Crippen LogP contribution in [0.2, 0.25) is 0 Å². The Morgan fingerprint density at radius 3 is 1.87 bits per heavy atom. The Hall–Kier alpha value is -1.12. The van der Waals surface area contributed by atoms with Crippen LogP contribution in [0.4, 0.5) is 5.95 Å². The highest BCUT2D eigenvalue weighted by Gasteiger charge is 2.15. The van der Waals surface area contributed by atoms with Crippen LogP contribution in [0.1, 0.15) is 40.2 Å². The summed E-state index contributed by atoms with van der Waals surface area (Å²) in [6.45, 7) is 12.6. The molecule has 1 aromatic rings. The van der Waals surface area contributed by atoms with Crippen molar-refractivity contribution >= 4 is 5.95 Å². The standard InChI is InChI=1S/C12H21N3/c1-6-15(7-2)11-13-8-10(9-14-11)12(3,4)5/h8-9H,6-7H2,1-5H3. The second kappa shape index (κ2) is 4.60. The maximum atomic E-state index is 4.40. The molecule has 84 valence electrons. The smallest absolute Gasteiger partial charge is 0.225 e. The van der Waals surface area contributed by atoms with E-state index in [-0.39, 0.29) is 5.41 Å². The van der Waals surface area contributed by atoms with Gasteiger partial charge in [0, 0.05) is 25.5 Å². The maximum absolute atomic E-state index is 4.40. The third-order valence-electron chi connectivity index (χ3n) is 2.55. The zero-order chi connectivity index (χ0) is 11.5. The summed E-state index contributed by atoms with van der Waals surface area (Å²) < 4.78 is 0. The SMILES string of the molecule is CCN(CC)c1ncc(C(C)(C)C)cn1. The first-order valence-electron chi connectivity index (χ1n) is 5.56. The molecule has 0 fully saturated rings. The zero-order valence-electron chi connectivity index (χ0n) is 10.4. The molecule has 1 heterocycles. The van der Waals surface area contributed by atoms with E-state index in [9.17, 15) is 0 Å². The lowest BCUT2D eigenvalue weighted by Crippen LogP contribution is -2.24. The van der Waals surface area contributed by atoms with Gasteiger partial charge in [0.05, 0.1) is 0 Å². The summed E-state index contributed by atoms with van der Waals surface area (Å²) in [6, 6.07) is 0. The highest BCUT2D eigenvalue weighted by molar-refractivity contribution is 5.30. The Morgan fingerprint density at radius 2 is 1.53 bits per heavy atom. The van der Waals surface area contributed by atoms with Crippen LogP contribution < -0.4 is 4.90 Å². The molecule has 0 aliphatic carbocycles. The molecule has 0 aromatic carbocycles. The second-order valence-electron chi connectivity index (χ2n) is 4.69. The number of aromatic nitrogens is 2. The van der Waals surface area contributed by atoms with Crippen molar-refractivity contribution in [2.45, 2.75) is 40.0 Å². The zero-order valence-corrected chi connectivity index (χ0v) is 10.4. The van der Waals surface area contributed by atoms with Gasteiger partial charge in [-0.2, -0.15) is 0 Å². The lowest BCUT2D eigenvalue weighted by atomic mass is 9.89. The minimum absolute atomic E-state index is 0.127. The van der Waals surface area contributed by atoms with Gasteiger partial charge < -0.3 is 4.90 Å². The summed E-state index contributed by atoms with van der Waals surface area (Å²) >= 11 is 0. The van der Waals surface area contributed by atoms with Crippen LogP contribution in [0.15, 0.2) is 12.4 Å². The molecule has 0 saturated heterocycles. The topological polar surface area (TPSA) is 29.0 Å². The van der Waals surface area contributed by atoms with Crippen LogP contribution in [0.25, 0.3) is 0 Å². The largest absolute Gasteiger partial charge is 0.341 e. The van der Waals surface area contributed by atoms with Gasteiger partial charge in [0.15, 0.2) is 0 Å². The fraction of sp³-hybridized carbons (Fsp3) is 0.667. The molecule has 0 amide bonds. The number of hydrogen-bond acceptors (Lipinski definition) is 3. The summed E-state index contributed by atoms with van der Waals surface area (Å²) in [4.78, 5) is 10.9. The van der Waals surface area contributed by atoms with Gasteiger partial charge in [0.1, 0.15) is 0 Å². The van der Waals surface area contributed by atoms with Gasteiger partial charge in [-0.1, -0.05) is 20.8 Å². The van der Waals surface area contributed by atoms with Crippen molar-refractivity contribution in [1.82, 2.24) is 9.97 Å². The second-order valence-corrected chi connectivity index (χ2v) is 4.69. The van der Waals surface area contributed by atoms with Crippen molar-refractivity contribution in [2.24, 2.45) is 0 Å². The van der Waals surface area contributed by atoms with Gasteiger partial charge in [-0.15, -0.1) is 0 Å². The van der Waals surface area contributed by atoms with Gasteiger partial charge in [-0.3, -0.25) is 0 Å². The van der Waals surface area contributed by atoms with E-state index in [1.54, 1.807) is 0 Å². The van der Waals surface area contributed by atoms with Crippen LogP contribution in [0.5, 0.6) is 0 Å². The Labute approximate surface area is 92.6 Å². The molecule has 3 nitrogen and oxygen atoms in total. The molecule has 0 spiro atoms. The van der Waals surface area contributed by atoms with E-state index in [1.807, 2.05) is 12.4 Å². The number of anilines is 1. The van der Waals surface area contributed by atoms with Crippen molar-refractivity contribution in [3.8, 4) is 0 Å². The van der Waals surface area contributed by atoms with E-state index in [0.717, 1.165) is 19.0 Å². The predicted molar refractivity (Wildman–Crippen MR) is 64.3 cm³/mol. The van der Waals surface area contributed by atoms with Crippen molar-refractivity contribution in [1.29, 1.82) is 0 Å². The van der Waals surface area contributed by atoms with Crippen molar-refractivity contribution in [2.75, 3.05) is 18.0 Å². The minimum atomic E-state index is 0.127. The molecule has 0 N–H and O–H groups in total. The average Bonchev–Trinajstić information content (AvgIpc) is 2.19. The van der Waals surface area contributed by atoms with Crippen LogP contribution in [-0.4, -0.2) is 23.1 Å². The van der Waals surface area contributed by atoms with Gasteiger partial charge in [-0.05, 0) is 24.8 Å². The monoisotopic (exact) mass is 207 g/mol. The Kier molecular flexibility index (Phi) is 3.66. The third kappa shape index (κ3) is 2.91. The van der Waals surface area contributed by atoms with Crippen LogP contribution in [0.3, 0.4) is 0 Å². The molecule has 1 aromatic heterocycles. The first-order valence-corrected chi connectivity index (χ1v) is 5.56. The van der Waals surface area contributed by atoms with Crippen molar-refractivity contribution < 1.29 is 0 Å². The van der Waals surface area contributed by atoms with Crippen molar-refractivity contribution in [3.63, 3.8) is 0 Å². The molecule has 0 saturated carbocycles. The lowest BCUT2D eigenvalue weighted by Gasteiger charge is -2.21. The average molecular weight is 207 g/mol. The van der Waals surface area contributed by atoms with Crippen LogP contribution >= 0.6 is 0 Å². The number of rotatable bonds is 3. The van der Waals surface area contributed by atoms with E-state index >= 15 is 0 Å². The number of hydrogen-bond donors (Lipinski definition) is 0. The van der Waals surface area contributed by atoms with Gasteiger partial charge in [0.2, 0.25) is 5.95 Å². The molecule has 0 atom stereocenters.